The SMILES string of the molecule is CCC(=O)N[C@@H]1[C@@H](OCc2ccccc2)[C@@H](OCc2ccccc2)[C@]2(COCc3ccccc3)CC[C@H]1O2. The van der Waals surface area contributed by atoms with E-state index < -0.39 is 17.8 Å². The molecule has 0 unspecified atom stereocenters. The minimum atomic E-state index is -0.664. The summed E-state index contributed by atoms with van der Waals surface area (Å²) < 4.78 is 26.3. The molecule has 3 aromatic carbocycles. The third-order valence-electron chi connectivity index (χ3n) is 7.47. The van der Waals surface area contributed by atoms with E-state index in [4.69, 9.17) is 18.9 Å². The fraction of sp³-hybridized carbons (Fsp3) is 0.406. The lowest BCUT2D eigenvalue weighted by Crippen LogP contribution is -2.67. The molecule has 200 valence electrons. The molecule has 0 aromatic heterocycles. The molecule has 0 spiro atoms. The molecule has 2 aliphatic rings. The highest BCUT2D eigenvalue weighted by molar-refractivity contribution is 5.76. The summed E-state index contributed by atoms with van der Waals surface area (Å²) in [6, 6.07) is 30.0. The monoisotopic (exact) mass is 515 g/mol. The van der Waals surface area contributed by atoms with Crippen LogP contribution >= 0.6 is 0 Å². The molecule has 2 saturated heterocycles. The van der Waals surface area contributed by atoms with Gasteiger partial charge < -0.3 is 24.3 Å². The number of ether oxygens (including phenoxy) is 4. The Hall–Kier alpha value is -3.03. The van der Waals surface area contributed by atoms with Gasteiger partial charge in [0, 0.05) is 6.42 Å². The van der Waals surface area contributed by atoms with Crippen LogP contribution < -0.4 is 5.32 Å². The Balaban J connectivity index is 1.41. The van der Waals surface area contributed by atoms with Crippen LogP contribution in [0.2, 0.25) is 0 Å². The highest BCUT2D eigenvalue weighted by Gasteiger charge is 2.60. The summed E-state index contributed by atoms with van der Waals surface area (Å²) in [5.74, 6) is -0.0200. The fourth-order valence-corrected chi connectivity index (χ4v) is 5.50. The topological polar surface area (TPSA) is 66.0 Å². The maximum Gasteiger partial charge on any atom is 0.220 e. The van der Waals surface area contributed by atoms with E-state index in [1.807, 2.05) is 73.7 Å². The van der Waals surface area contributed by atoms with Crippen molar-refractivity contribution in [2.75, 3.05) is 6.61 Å². The lowest BCUT2D eigenvalue weighted by atomic mass is 9.87. The summed E-state index contributed by atoms with van der Waals surface area (Å²) >= 11 is 0. The lowest BCUT2D eigenvalue weighted by Gasteiger charge is -2.48. The first-order valence-electron chi connectivity index (χ1n) is 13.6. The van der Waals surface area contributed by atoms with Crippen LogP contribution in [-0.2, 0) is 43.6 Å². The van der Waals surface area contributed by atoms with E-state index in [0.29, 0.717) is 32.8 Å². The zero-order chi connectivity index (χ0) is 26.2. The first-order chi connectivity index (χ1) is 18.7. The van der Waals surface area contributed by atoms with Crippen molar-refractivity contribution in [3.05, 3.63) is 108 Å². The predicted molar refractivity (Wildman–Crippen MR) is 145 cm³/mol. The third-order valence-corrected chi connectivity index (χ3v) is 7.47. The van der Waals surface area contributed by atoms with E-state index in [0.717, 1.165) is 29.5 Å². The molecular weight excluding hydrogens is 478 g/mol. The van der Waals surface area contributed by atoms with Crippen LogP contribution in [0.25, 0.3) is 0 Å². The van der Waals surface area contributed by atoms with Gasteiger partial charge in [-0.2, -0.15) is 0 Å². The van der Waals surface area contributed by atoms with E-state index in [-0.39, 0.29) is 18.1 Å². The van der Waals surface area contributed by atoms with Crippen molar-refractivity contribution in [1.82, 2.24) is 5.32 Å². The maximum atomic E-state index is 12.6. The van der Waals surface area contributed by atoms with Crippen LogP contribution in [0.5, 0.6) is 0 Å². The quantitative estimate of drug-likeness (QED) is 0.359. The van der Waals surface area contributed by atoms with Crippen LogP contribution in [-0.4, -0.2) is 42.5 Å². The molecule has 6 heteroatoms. The second-order valence-corrected chi connectivity index (χ2v) is 10.2. The van der Waals surface area contributed by atoms with E-state index in [1.165, 1.54) is 0 Å². The number of amides is 1. The van der Waals surface area contributed by atoms with Crippen molar-refractivity contribution in [3.63, 3.8) is 0 Å². The van der Waals surface area contributed by atoms with Crippen molar-refractivity contribution < 1.29 is 23.7 Å². The highest BCUT2D eigenvalue weighted by Crippen LogP contribution is 2.45. The smallest absolute Gasteiger partial charge is 0.220 e. The predicted octanol–water partition coefficient (Wildman–Crippen LogP) is 5.20. The number of benzene rings is 3. The largest absolute Gasteiger partial charge is 0.374 e. The number of nitrogens with one attached hydrogen (secondary N) is 1. The van der Waals surface area contributed by atoms with Gasteiger partial charge in [-0.1, -0.05) is 97.9 Å². The molecular formula is C32H37NO5. The number of hydrogen-bond acceptors (Lipinski definition) is 5. The lowest BCUT2D eigenvalue weighted by molar-refractivity contribution is -0.255. The van der Waals surface area contributed by atoms with Gasteiger partial charge in [0.2, 0.25) is 5.91 Å². The summed E-state index contributed by atoms with van der Waals surface area (Å²) in [6.45, 7) is 3.58. The Morgan fingerprint density at radius 2 is 1.39 bits per heavy atom. The zero-order valence-electron chi connectivity index (χ0n) is 22.0. The fourth-order valence-electron chi connectivity index (χ4n) is 5.50. The first kappa shape index (κ1) is 26.6. The number of fused-ring (bicyclic) bond motifs is 2. The molecule has 0 radical (unpaired) electrons. The van der Waals surface area contributed by atoms with Gasteiger partial charge in [0.05, 0.1) is 38.6 Å². The van der Waals surface area contributed by atoms with Crippen LogP contribution in [0.3, 0.4) is 0 Å². The summed E-state index contributed by atoms with van der Waals surface area (Å²) in [7, 11) is 0. The van der Waals surface area contributed by atoms with E-state index >= 15 is 0 Å². The van der Waals surface area contributed by atoms with Crippen molar-refractivity contribution in [2.45, 2.75) is 76.0 Å². The first-order valence-corrected chi connectivity index (χ1v) is 13.6. The second kappa shape index (κ2) is 12.7. The number of hydrogen-bond donors (Lipinski definition) is 1. The Morgan fingerprint density at radius 1 is 0.842 bits per heavy atom. The van der Waals surface area contributed by atoms with E-state index in [1.54, 1.807) is 0 Å². The molecule has 2 bridgehead atoms. The summed E-state index contributed by atoms with van der Waals surface area (Å²) in [5, 5.41) is 3.20. The molecule has 2 aliphatic heterocycles. The van der Waals surface area contributed by atoms with Crippen LogP contribution in [0, 0.1) is 0 Å². The van der Waals surface area contributed by atoms with Gasteiger partial charge in [0.1, 0.15) is 17.8 Å². The molecule has 0 saturated carbocycles. The molecule has 5 atom stereocenters. The Morgan fingerprint density at radius 3 is 1.97 bits per heavy atom. The van der Waals surface area contributed by atoms with Gasteiger partial charge >= 0.3 is 0 Å². The third kappa shape index (κ3) is 6.33. The molecule has 0 aliphatic carbocycles. The minimum absolute atomic E-state index is 0.0200. The maximum absolute atomic E-state index is 12.6. The average molecular weight is 516 g/mol. The van der Waals surface area contributed by atoms with E-state index in [2.05, 4.69) is 29.6 Å². The van der Waals surface area contributed by atoms with Gasteiger partial charge in [-0.25, -0.2) is 0 Å². The molecule has 38 heavy (non-hydrogen) atoms. The average Bonchev–Trinajstić information content (AvgIpc) is 3.35. The van der Waals surface area contributed by atoms with Crippen LogP contribution in [0.15, 0.2) is 91.0 Å². The summed E-state index contributed by atoms with van der Waals surface area (Å²) in [6.07, 6.45) is 0.993. The van der Waals surface area contributed by atoms with Gasteiger partial charge in [-0.05, 0) is 29.5 Å². The van der Waals surface area contributed by atoms with Crippen molar-refractivity contribution >= 4 is 5.91 Å². The van der Waals surface area contributed by atoms with Gasteiger partial charge in [-0.3, -0.25) is 4.79 Å². The molecule has 2 fully saturated rings. The summed E-state index contributed by atoms with van der Waals surface area (Å²) in [5.41, 5.74) is 2.59. The Kier molecular flexibility index (Phi) is 8.86. The van der Waals surface area contributed by atoms with Gasteiger partial charge in [0.25, 0.3) is 0 Å². The summed E-state index contributed by atoms with van der Waals surface area (Å²) in [4.78, 5) is 12.6. The molecule has 1 amide bonds. The molecule has 6 nitrogen and oxygen atoms in total. The zero-order valence-corrected chi connectivity index (χ0v) is 22.0. The van der Waals surface area contributed by atoms with Crippen LogP contribution in [0.1, 0.15) is 42.9 Å². The number of carbonyl (C=O) groups excluding carboxylic acids is 1. The number of rotatable bonds is 12. The Labute approximate surface area is 225 Å². The standard InChI is InChI=1S/C32H37NO5/c1-2-28(34)33-29-27-18-19-32(38-27,23-35-20-24-12-6-3-7-13-24)31(37-22-26-16-10-5-11-17-26)30(29)36-21-25-14-8-4-9-15-25/h3-17,27,29-31H,2,18-23H2,1H3,(H,33,34)/t27-,29+,30-,31-,32-/m1/s1. The van der Waals surface area contributed by atoms with E-state index in [9.17, 15) is 4.79 Å². The molecule has 2 heterocycles. The molecule has 1 N–H and O–H groups in total. The molecule has 5 rings (SSSR count). The van der Waals surface area contributed by atoms with Gasteiger partial charge in [-0.15, -0.1) is 0 Å². The van der Waals surface area contributed by atoms with Crippen LogP contribution in [0.4, 0.5) is 0 Å². The van der Waals surface area contributed by atoms with Crippen molar-refractivity contribution in [1.29, 1.82) is 0 Å². The van der Waals surface area contributed by atoms with Crippen molar-refractivity contribution in [2.24, 2.45) is 0 Å². The Bertz CT molecular complexity index is 1140. The normalized spacial score (nSPS) is 26.2. The van der Waals surface area contributed by atoms with Crippen molar-refractivity contribution in [3.8, 4) is 0 Å². The highest BCUT2D eigenvalue weighted by atomic mass is 16.6. The van der Waals surface area contributed by atoms with Gasteiger partial charge in [0.15, 0.2) is 0 Å². The number of carbonyl (C=O) groups is 1. The molecule has 3 aromatic rings. The second-order valence-electron chi connectivity index (χ2n) is 10.2. The minimum Gasteiger partial charge on any atom is -0.374 e.